The van der Waals surface area contributed by atoms with Crippen molar-refractivity contribution in [2.24, 2.45) is 0 Å². The summed E-state index contributed by atoms with van der Waals surface area (Å²) in [6.45, 7) is 4.26. The van der Waals surface area contributed by atoms with Gasteiger partial charge in [-0.05, 0) is 41.8 Å². The van der Waals surface area contributed by atoms with Gasteiger partial charge in [0.15, 0.2) is 0 Å². The van der Waals surface area contributed by atoms with Crippen LogP contribution in [0.4, 0.5) is 5.69 Å². The minimum absolute atomic E-state index is 0.0555. The number of hydrogen-bond acceptors (Lipinski definition) is 2. The highest BCUT2D eigenvalue weighted by molar-refractivity contribution is 6.29. The molecule has 0 radical (unpaired) electrons. The Kier molecular flexibility index (Phi) is 5.23. The van der Waals surface area contributed by atoms with Gasteiger partial charge >= 0.3 is 0 Å². The molecule has 2 rings (SSSR count). The molecule has 2 aromatic rings. The van der Waals surface area contributed by atoms with Crippen LogP contribution in [-0.4, -0.2) is 11.8 Å². The number of anilines is 1. The number of ether oxygens (including phenoxy) is 1. The van der Waals surface area contributed by atoms with Crippen molar-refractivity contribution in [3.63, 3.8) is 0 Å². The third kappa shape index (κ3) is 4.23. The van der Waals surface area contributed by atoms with Crippen LogP contribution < -0.4 is 10.1 Å². The van der Waals surface area contributed by atoms with Gasteiger partial charge in [0.1, 0.15) is 17.4 Å². The predicted molar refractivity (Wildman–Crippen MR) is 86.4 cm³/mol. The van der Waals surface area contributed by atoms with Crippen molar-refractivity contribution in [2.75, 3.05) is 11.2 Å². The number of benzene rings is 2. The monoisotopic (exact) mass is 303 g/mol. The number of alkyl halides is 1. The highest BCUT2D eigenvalue weighted by Gasteiger charge is 2.08. The van der Waals surface area contributed by atoms with E-state index in [2.05, 4.69) is 25.2 Å². The number of rotatable bonds is 5. The predicted octanol–water partition coefficient (Wildman–Crippen LogP) is 4.78. The van der Waals surface area contributed by atoms with Gasteiger partial charge in [-0.2, -0.15) is 0 Å². The molecule has 1 N–H and O–H groups in total. The minimum Gasteiger partial charge on any atom is -0.457 e. The molecule has 4 heteroatoms. The summed E-state index contributed by atoms with van der Waals surface area (Å²) in [5.41, 5.74) is 1.86. The first-order valence-corrected chi connectivity index (χ1v) is 7.36. The zero-order valence-corrected chi connectivity index (χ0v) is 12.9. The number of para-hydroxylation sites is 1. The molecule has 0 atom stereocenters. The fourth-order valence-corrected chi connectivity index (χ4v) is 2.04. The molecule has 1 amide bonds. The van der Waals surface area contributed by atoms with Gasteiger partial charge in [0, 0.05) is 5.69 Å². The molecule has 3 nitrogen and oxygen atoms in total. The minimum atomic E-state index is -0.226. The van der Waals surface area contributed by atoms with Gasteiger partial charge in [-0.3, -0.25) is 4.79 Å². The average Bonchev–Trinajstić information content (AvgIpc) is 2.49. The maximum absolute atomic E-state index is 11.2. The third-order valence-corrected chi connectivity index (χ3v) is 3.27. The van der Waals surface area contributed by atoms with Gasteiger partial charge in [-0.25, -0.2) is 0 Å². The van der Waals surface area contributed by atoms with Crippen LogP contribution in [0.1, 0.15) is 25.3 Å². The zero-order valence-electron chi connectivity index (χ0n) is 12.1. The zero-order chi connectivity index (χ0) is 15.2. The Balaban J connectivity index is 2.12. The van der Waals surface area contributed by atoms with Gasteiger partial charge < -0.3 is 10.1 Å². The van der Waals surface area contributed by atoms with E-state index in [0.717, 1.165) is 17.1 Å². The highest BCUT2D eigenvalue weighted by Crippen LogP contribution is 2.30. The van der Waals surface area contributed by atoms with E-state index in [1.807, 2.05) is 30.3 Å². The molecule has 0 aliphatic carbocycles. The third-order valence-electron chi connectivity index (χ3n) is 3.03. The standard InChI is InChI=1S/C17H18ClNO2/c1-12(2)15-5-3-4-6-16(15)21-14-9-7-13(8-10-14)19-17(20)11-18/h3-10,12H,11H2,1-2H3,(H,19,20). The molecule has 0 aliphatic rings. The Morgan fingerprint density at radius 3 is 2.43 bits per heavy atom. The summed E-state index contributed by atoms with van der Waals surface area (Å²) in [7, 11) is 0. The molecule has 21 heavy (non-hydrogen) atoms. The lowest BCUT2D eigenvalue weighted by molar-refractivity contribution is -0.113. The summed E-state index contributed by atoms with van der Waals surface area (Å²) in [4.78, 5) is 11.2. The van der Waals surface area contributed by atoms with Crippen molar-refractivity contribution in [2.45, 2.75) is 19.8 Å². The summed E-state index contributed by atoms with van der Waals surface area (Å²) >= 11 is 5.45. The molecule has 0 saturated heterocycles. The first kappa shape index (κ1) is 15.4. The lowest BCUT2D eigenvalue weighted by Gasteiger charge is -2.13. The highest BCUT2D eigenvalue weighted by atomic mass is 35.5. The van der Waals surface area contributed by atoms with Crippen molar-refractivity contribution in [1.29, 1.82) is 0 Å². The summed E-state index contributed by atoms with van der Waals surface area (Å²) in [6, 6.07) is 15.2. The number of amides is 1. The van der Waals surface area contributed by atoms with E-state index in [-0.39, 0.29) is 11.8 Å². The van der Waals surface area contributed by atoms with Crippen LogP contribution in [0.2, 0.25) is 0 Å². The lowest BCUT2D eigenvalue weighted by Crippen LogP contribution is -2.12. The normalized spacial score (nSPS) is 10.5. The van der Waals surface area contributed by atoms with Crippen LogP contribution in [0.3, 0.4) is 0 Å². The SMILES string of the molecule is CC(C)c1ccccc1Oc1ccc(NC(=O)CCl)cc1. The molecule has 2 aromatic carbocycles. The van der Waals surface area contributed by atoms with Crippen molar-refractivity contribution in [1.82, 2.24) is 0 Å². The van der Waals surface area contributed by atoms with Gasteiger partial charge in [0.2, 0.25) is 5.91 Å². The van der Waals surface area contributed by atoms with Gasteiger partial charge in [-0.15, -0.1) is 11.6 Å². The van der Waals surface area contributed by atoms with Crippen molar-refractivity contribution < 1.29 is 9.53 Å². The van der Waals surface area contributed by atoms with E-state index < -0.39 is 0 Å². The summed E-state index contributed by atoms with van der Waals surface area (Å²) in [6.07, 6.45) is 0. The number of carbonyl (C=O) groups excluding carboxylic acids is 1. The largest absolute Gasteiger partial charge is 0.457 e. The molecule has 0 heterocycles. The van der Waals surface area contributed by atoms with Crippen LogP contribution in [0, 0.1) is 0 Å². The van der Waals surface area contributed by atoms with E-state index in [9.17, 15) is 4.79 Å². The van der Waals surface area contributed by atoms with Crippen molar-refractivity contribution in [3.8, 4) is 11.5 Å². The van der Waals surface area contributed by atoms with E-state index in [1.165, 1.54) is 0 Å². The van der Waals surface area contributed by atoms with Crippen LogP contribution >= 0.6 is 11.6 Å². The maximum atomic E-state index is 11.2. The van der Waals surface area contributed by atoms with Crippen LogP contribution in [0.5, 0.6) is 11.5 Å². The van der Waals surface area contributed by atoms with Gasteiger partial charge in [0.05, 0.1) is 0 Å². The topological polar surface area (TPSA) is 38.3 Å². The maximum Gasteiger partial charge on any atom is 0.239 e. The van der Waals surface area contributed by atoms with Crippen molar-refractivity contribution >= 4 is 23.2 Å². The second-order valence-electron chi connectivity index (χ2n) is 5.00. The molecule has 110 valence electrons. The first-order valence-electron chi connectivity index (χ1n) is 6.83. The van der Waals surface area contributed by atoms with Crippen LogP contribution in [0.25, 0.3) is 0 Å². The smallest absolute Gasteiger partial charge is 0.239 e. The van der Waals surface area contributed by atoms with Crippen LogP contribution in [-0.2, 0) is 4.79 Å². The van der Waals surface area contributed by atoms with Gasteiger partial charge in [0.25, 0.3) is 0 Å². The fourth-order valence-electron chi connectivity index (χ4n) is 1.98. The van der Waals surface area contributed by atoms with Crippen molar-refractivity contribution in [3.05, 3.63) is 54.1 Å². The molecule has 0 spiro atoms. The number of halogens is 1. The Morgan fingerprint density at radius 1 is 1.14 bits per heavy atom. The van der Waals surface area contributed by atoms with E-state index in [1.54, 1.807) is 12.1 Å². The Bertz CT molecular complexity index is 608. The molecular formula is C17H18ClNO2. The molecular weight excluding hydrogens is 286 g/mol. The molecule has 0 fully saturated rings. The number of nitrogens with one attached hydrogen (secondary N) is 1. The summed E-state index contributed by atoms with van der Waals surface area (Å²) in [5.74, 6) is 1.69. The molecule has 0 unspecified atom stereocenters. The Morgan fingerprint density at radius 2 is 1.81 bits per heavy atom. The number of hydrogen-bond donors (Lipinski definition) is 1. The van der Waals surface area contributed by atoms with E-state index in [0.29, 0.717) is 11.6 Å². The van der Waals surface area contributed by atoms with E-state index in [4.69, 9.17) is 16.3 Å². The first-order chi connectivity index (χ1) is 10.1. The van der Waals surface area contributed by atoms with Crippen LogP contribution in [0.15, 0.2) is 48.5 Å². The summed E-state index contributed by atoms with van der Waals surface area (Å²) < 4.78 is 5.92. The van der Waals surface area contributed by atoms with E-state index >= 15 is 0 Å². The van der Waals surface area contributed by atoms with Gasteiger partial charge in [-0.1, -0.05) is 32.0 Å². The molecule has 0 saturated carbocycles. The lowest BCUT2D eigenvalue weighted by atomic mass is 10.0. The molecule has 0 aromatic heterocycles. The average molecular weight is 304 g/mol. The Labute approximate surface area is 129 Å². The number of carbonyl (C=O) groups is 1. The second-order valence-corrected chi connectivity index (χ2v) is 5.27. The quantitative estimate of drug-likeness (QED) is 0.807. The fraction of sp³-hybridized carbons (Fsp3) is 0.235. The Hall–Kier alpha value is -2.00. The summed E-state index contributed by atoms with van der Waals surface area (Å²) in [5, 5.41) is 2.69. The molecule has 0 bridgehead atoms. The second kappa shape index (κ2) is 7.14. The molecule has 0 aliphatic heterocycles.